The van der Waals surface area contributed by atoms with Crippen LogP contribution in [0.25, 0.3) is 0 Å². The molecule has 0 bridgehead atoms. The van der Waals surface area contributed by atoms with Gasteiger partial charge >= 0.3 is 19.8 Å². The Balaban J connectivity index is 3.92. The quantitative estimate of drug-likeness (QED) is 0.0211. The third-order valence-corrected chi connectivity index (χ3v) is 18.9. The molecule has 0 aromatic rings. The first-order valence-corrected chi connectivity index (χ1v) is 41.8. The highest BCUT2D eigenvalue weighted by Crippen LogP contribution is 2.43. The molecule has 0 radical (unpaired) electrons. The molecule has 10 heteroatoms. The van der Waals surface area contributed by atoms with Crippen LogP contribution in [0.3, 0.4) is 0 Å². The smallest absolute Gasteiger partial charge is 0.462 e. The maximum absolute atomic E-state index is 12.9. The SMILES string of the molecule is CC/C=C\C/C=C\C/C=C\C/C=C\C/C=C\C/C=C\C/C=C\CCCCCCCCCC(=O)OC(COC(=O)CCCCCCCCCCCCCCCCCCCCCCCCCCCCCCCCCCCCCCCCCCC)COP(=O)(O)OCC[N+](C)(C)C. The Morgan fingerprint density at radius 2 is 0.606 bits per heavy atom. The van der Waals surface area contributed by atoms with Crippen molar-refractivity contribution in [3.8, 4) is 0 Å². The molecule has 0 amide bonds. The molecule has 0 heterocycles. The van der Waals surface area contributed by atoms with Crippen molar-refractivity contribution in [2.24, 2.45) is 0 Å². The lowest BCUT2D eigenvalue weighted by Gasteiger charge is -2.24. The molecule has 0 aliphatic carbocycles. The molecule has 0 aliphatic rings. The van der Waals surface area contributed by atoms with Gasteiger partial charge in [-0.2, -0.15) is 0 Å². The van der Waals surface area contributed by atoms with Gasteiger partial charge in [-0.25, -0.2) is 4.57 Å². The monoisotopic (exact) mass is 1340 g/mol. The van der Waals surface area contributed by atoms with E-state index in [-0.39, 0.29) is 32.0 Å². The molecule has 0 spiro atoms. The summed E-state index contributed by atoms with van der Waals surface area (Å²) in [6.45, 7) is 4.36. The number of nitrogens with zero attached hydrogens (tertiary/aromatic N) is 1. The van der Waals surface area contributed by atoms with Crippen molar-refractivity contribution in [3.63, 3.8) is 0 Å². The third-order valence-electron chi connectivity index (χ3n) is 17.9. The van der Waals surface area contributed by atoms with E-state index in [2.05, 4.69) is 98.9 Å². The number of likely N-dealkylation sites (N-methyl/N-ethyl adjacent to an activating group) is 1. The average Bonchev–Trinajstić information content (AvgIpc) is 1.65. The zero-order valence-corrected chi connectivity index (χ0v) is 63.6. The lowest BCUT2D eigenvalue weighted by atomic mass is 10.0. The van der Waals surface area contributed by atoms with Gasteiger partial charge in [0.25, 0.3) is 0 Å². The lowest BCUT2D eigenvalue weighted by Crippen LogP contribution is -2.37. The Hall–Kier alpha value is -2.81. The third kappa shape index (κ3) is 78.2. The zero-order chi connectivity index (χ0) is 68.3. The van der Waals surface area contributed by atoms with Crippen molar-refractivity contribution < 1.29 is 42.1 Å². The van der Waals surface area contributed by atoms with E-state index in [0.717, 1.165) is 89.9 Å². The summed E-state index contributed by atoms with van der Waals surface area (Å²) in [5.41, 5.74) is 0. The normalized spacial score (nSPS) is 13.5. The summed E-state index contributed by atoms with van der Waals surface area (Å²) in [6, 6.07) is 0. The number of hydrogen-bond donors (Lipinski definition) is 1. The van der Waals surface area contributed by atoms with Crippen molar-refractivity contribution in [2.45, 2.75) is 392 Å². The molecule has 0 saturated carbocycles. The zero-order valence-electron chi connectivity index (χ0n) is 62.7. The second-order valence-corrected chi connectivity index (χ2v) is 29.9. The van der Waals surface area contributed by atoms with E-state index < -0.39 is 26.5 Å². The Morgan fingerprint density at radius 3 is 0.904 bits per heavy atom. The first kappa shape index (κ1) is 91.2. The number of esters is 2. The van der Waals surface area contributed by atoms with Gasteiger partial charge in [-0.1, -0.05) is 388 Å². The molecule has 0 aliphatic heterocycles. The maximum Gasteiger partial charge on any atom is 0.472 e. The number of rotatable bonds is 75. The maximum atomic E-state index is 12.9. The van der Waals surface area contributed by atoms with Gasteiger partial charge in [0.15, 0.2) is 6.10 Å². The number of quaternary nitrogens is 1. The summed E-state index contributed by atoms with van der Waals surface area (Å²) >= 11 is 0. The number of allylic oxidation sites excluding steroid dienone is 14. The Kier molecular flexibility index (Phi) is 72.2. The molecule has 9 nitrogen and oxygen atoms in total. The fourth-order valence-corrected chi connectivity index (χ4v) is 12.6. The van der Waals surface area contributed by atoms with Crippen LogP contribution >= 0.6 is 7.82 Å². The van der Waals surface area contributed by atoms with Crippen molar-refractivity contribution in [1.82, 2.24) is 0 Å². The van der Waals surface area contributed by atoms with E-state index in [9.17, 15) is 19.0 Å². The van der Waals surface area contributed by atoms with Crippen molar-refractivity contribution in [3.05, 3.63) is 85.1 Å². The number of phosphoric ester groups is 1. The number of carbonyl (C=O) groups excluding carboxylic acids is 2. The molecule has 94 heavy (non-hydrogen) atoms. The number of ether oxygens (including phenoxy) is 2. The van der Waals surface area contributed by atoms with E-state index in [1.165, 1.54) is 263 Å². The Labute approximate surface area is 583 Å². The van der Waals surface area contributed by atoms with Gasteiger partial charge in [0.05, 0.1) is 27.7 Å². The minimum absolute atomic E-state index is 0.0271. The summed E-state index contributed by atoms with van der Waals surface area (Å²) in [5, 5.41) is 0. The highest BCUT2D eigenvalue weighted by Gasteiger charge is 2.27. The van der Waals surface area contributed by atoms with Crippen LogP contribution in [0.5, 0.6) is 0 Å². The molecule has 0 rings (SSSR count). The molecular weight excluding hydrogens is 1180 g/mol. The second-order valence-electron chi connectivity index (χ2n) is 28.4. The Bertz CT molecular complexity index is 1860. The van der Waals surface area contributed by atoms with Crippen LogP contribution in [0, 0.1) is 0 Å². The van der Waals surface area contributed by atoms with E-state index in [0.29, 0.717) is 17.4 Å². The lowest BCUT2D eigenvalue weighted by molar-refractivity contribution is -0.870. The minimum atomic E-state index is -4.40. The summed E-state index contributed by atoms with van der Waals surface area (Å²) in [5.74, 6) is -0.799. The van der Waals surface area contributed by atoms with E-state index >= 15 is 0 Å². The summed E-state index contributed by atoms with van der Waals surface area (Å²) < 4.78 is 34.8. The van der Waals surface area contributed by atoms with Crippen LogP contribution in [-0.4, -0.2) is 74.9 Å². The fourth-order valence-electron chi connectivity index (χ4n) is 11.8. The molecular formula is C84H155NO8P+. The highest BCUT2D eigenvalue weighted by atomic mass is 31.2. The van der Waals surface area contributed by atoms with Gasteiger partial charge < -0.3 is 18.9 Å². The number of carbonyl (C=O) groups is 2. The Morgan fingerprint density at radius 1 is 0.340 bits per heavy atom. The van der Waals surface area contributed by atoms with E-state index in [1.807, 2.05) is 21.1 Å². The minimum Gasteiger partial charge on any atom is -0.462 e. The van der Waals surface area contributed by atoms with Gasteiger partial charge in [0.2, 0.25) is 0 Å². The fraction of sp³-hybridized carbons (Fsp3) is 0.810. The summed E-state index contributed by atoms with van der Waals surface area (Å²) in [4.78, 5) is 36.0. The van der Waals surface area contributed by atoms with Gasteiger partial charge in [-0.15, -0.1) is 0 Å². The molecule has 548 valence electrons. The molecule has 2 unspecified atom stereocenters. The predicted molar refractivity (Wildman–Crippen MR) is 409 cm³/mol. The first-order valence-electron chi connectivity index (χ1n) is 40.3. The molecule has 0 aromatic heterocycles. The van der Waals surface area contributed by atoms with Gasteiger partial charge in [-0.3, -0.25) is 18.6 Å². The molecule has 2 atom stereocenters. The van der Waals surface area contributed by atoms with Gasteiger partial charge in [-0.05, 0) is 70.6 Å². The summed E-state index contributed by atoms with van der Waals surface area (Å²) in [6.07, 6.45) is 103. The summed E-state index contributed by atoms with van der Waals surface area (Å²) in [7, 11) is 1.47. The van der Waals surface area contributed by atoms with Crippen molar-refractivity contribution in [1.29, 1.82) is 0 Å². The van der Waals surface area contributed by atoms with Crippen LogP contribution < -0.4 is 0 Å². The average molecular weight is 1340 g/mol. The molecule has 1 N–H and O–H groups in total. The number of phosphoric acid groups is 1. The molecule has 0 saturated heterocycles. The topological polar surface area (TPSA) is 108 Å². The highest BCUT2D eigenvalue weighted by molar-refractivity contribution is 7.47. The predicted octanol–water partition coefficient (Wildman–Crippen LogP) is 26.8. The first-order chi connectivity index (χ1) is 46.0. The van der Waals surface area contributed by atoms with E-state index in [4.69, 9.17) is 18.5 Å². The largest absolute Gasteiger partial charge is 0.472 e. The van der Waals surface area contributed by atoms with Crippen molar-refractivity contribution in [2.75, 3.05) is 47.5 Å². The van der Waals surface area contributed by atoms with E-state index in [1.54, 1.807) is 0 Å². The van der Waals surface area contributed by atoms with Gasteiger partial charge in [0.1, 0.15) is 19.8 Å². The number of hydrogen-bond acceptors (Lipinski definition) is 7. The van der Waals surface area contributed by atoms with Crippen LogP contribution in [0.4, 0.5) is 0 Å². The van der Waals surface area contributed by atoms with Gasteiger partial charge in [0, 0.05) is 12.8 Å². The standard InChI is InChI=1S/C84H154NO8P/c1-6-8-10-12-14-16-18-20-22-24-26-28-30-32-34-36-37-38-39-40-41-42-43-44-45-46-47-49-50-52-54-56-58-60-62-64-66-68-70-72-74-76-83(86)90-80-82(81-92-94(88,89)91-79-78-85(3,4)5)93-84(87)77-75-73-71-69-67-65-63-61-59-57-55-53-51-48-35-33-31-29-27-25-23-21-19-17-15-13-11-9-7-2/h9,11,15,17,21,23,27,29,33,35,51,53,57,59,82H,6-8,10,12-14,16,18-20,22,24-26,28,30-32,34,36-50,52,54-56,58,60-81H2,1-5H3/p+1/b11-9-,17-15-,23-21-,29-27-,35-33-,53-51-,59-57-. The van der Waals surface area contributed by atoms with Crippen LogP contribution in [0.15, 0.2) is 85.1 Å². The van der Waals surface area contributed by atoms with Crippen LogP contribution in [0.2, 0.25) is 0 Å². The second kappa shape index (κ2) is 74.4. The molecule has 0 fully saturated rings. The van der Waals surface area contributed by atoms with Crippen LogP contribution in [-0.2, 0) is 32.7 Å². The van der Waals surface area contributed by atoms with Crippen molar-refractivity contribution >= 4 is 19.8 Å². The number of unbranched alkanes of at least 4 members (excludes halogenated alkanes) is 47. The molecule has 0 aromatic carbocycles. The van der Waals surface area contributed by atoms with Crippen LogP contribution in [0.1, 0.15) is 386 Å².